The molecule has 7 nitrogen and oxygen atoms in total. The van der Waals surface area contributed by atoms with Crippen molar-refractivity contribution in [2.45, 2.75) is 51.7 Å². The summed E-state index contributed by atoms with van der Waals surface area (Å²) in [4.78, 5) is 25.4. The Balaban J connectivity index is 2.96. The second-order valence-electron chi connectivity index (χ2n) is 7.84. The maximum atomic E-state index is 12.1. The number of carbonyl (C=O) groups is 2. The van der Waals surface area contributed by atoms with Crippen molar-refractivity contribution in [1.29, 1.82) is 0 Å². The first-order valence-corrected chi connectivity index (χ1v) is 10.9. The van der Waals surface area contributed by atoms with Crippen LogP contribution in [0.2, 0.25) is 0 Å². The fraction of sp³-hybridized carbons (Fsp3) is 0.619. The number of nitrogens with zero attached hydrogens (tertiary/aromatic N) is 1. The van der Waals surface area contributed by atoms with Crippen LogP contribution in [0.5, 0.6) is 5.75 Å². The third kappa shape index (κ3) is 9.76. The zero-order chi connectivity index (χ0) is 22.7. The summed E-state index contributed by atoms with van der Waals surface area (Å²) < 4.78 is 10.7. The van der Waals surface area contributed by atoms with Gasteiger partial charge < -0.3 is 24.8 Å². The number of hydrogen-bond acceptors (Lipinski definition) is 5. The molecule has 1 aromatic rings. The van der Waals surface area contributed by atoms with Gasteiger partial charge in [-0.25, -0.2) is 4.79 Å². The molecule has 0 unspecified atom stereocenters. The molecular formula is C21H32Cl2N2O5. The van der Waals surface area contributed by atoms with Crippen molar-refractivity contribution >= 4 is 41.0 Å². The van der Waals surface area contributed by atoms with Gasteiger partial charge in [0.15, 0.2) is 0 Å². The van der Waals surface area contributed by atoms with E-state index in [1.165, 1.54) is 0 Å². The molecule has 0 fully saturated rings. The number of hydrogen-bond donors (Lipinski definition) is 2. The second-order valence-corrected chi connectivity index (χ2v) is 8.60. The molecule has 1 aromatic carbocycles. The van der Waals surface area contributed by atoms with E-state index in [1.807, 2.05) is 18.2 Å². The zero-order valence-corrected chi connectivity index (χ0v) is 19.6. The van der Waals surface area contributed by atoms with Gasteiger partial charge in [0, 0.05) is 36.6 Å². The number of aliphatic carboxylic acids is 1. The summed E-state index contributed by atoms with van der Waals surface area (Å²) in [6.45, 7) is 6.57. The Morgan fingerprint density at radius 3 is 2.33 bits per heavy atom. The molecule has 1 rings (SSSR count). The number of alkyl halides is 2. The van der Waals surface area contributed by atoms with E-state index >= 15 is 0 Å². The van der Waals surface area contributed by atoms with E-state index in [9.17, 15) is 14.7 Å². The molecule has 0 aliphatic carbocycles. The second kappa shape index (κ2) is 12.7. The SMILES string of the molecule is COc1ccc(N(CCCl)CCCl)cc1CC[C@@H](CC(=O)O)NC(=O)OC(C)(C)C. The van der Waals surface area contributed by atoms with Crippen molar-refractivity contribution in [2.24, 2.45) is 0 Å². The van der Waals surface area contributed by atoms with Crippen molar-refractivity contribution in [3.8, 4) is 5.75 Å². The van der Waals surface area contributed by atoms with E-state index in [-0.39, 0.29) is 6.42 Å². The lowest BCUT2D eigenvalue weighted by Gasteiger charge is -2.25. The fourth-order valence-electron chi connectivity index (χ4n) is 2.97. The highest BCUT2D eigenvalue weighted by Crippen LogP contribution is 2.27. The van der Waals surface area contributed by atoms with Crippen LogP contribution >= 0.6 is 23.2 Å². The third-order valence-electron chi connectivity index (χ3n) is 4.24. The van der Waals surface area contributed by atoms with Crippen LogP contribution in [-0.2, 0) is 16.0 Å². The van der Waals surface area contributed by atoms with Crippen molar-refractivity contribution in [3.05, 3.63) is 23.8 Å². The minimum atomic E-state index is -0.993. The minimum Gasteiger partial charge on any atom is -0.496 e. The van der Waals surface area contributed by atoms with Gasteiger partial charge in [0.1, 0.15) is 11.4 Å². The Morgan fingerprint density at radius 1 is 1.20 bits per heavy atom. The highest BCUT2D eigenvalue weighted by Gasteiger charge is 2.22. The largest absolute Gasteiger partial charge is 0.496 e. The average Bonchev–Trinajstić information content (AvgIpc) is 2.63. The summed E-state index contributed by atoms with van der Waals surface area (Å²) in [6.07, 6.45) is 0.0904. The first-order chi connectivity index (χ1) is 14.1. The number of aryl methyl sites for hydroxylation is 1. The summed E-state index contributed by atoms with van der Waals surface area (Å²) in [7, 11) is 1.58. The number of nitrogens with one attached hydrogen (secondary N) is 1. The number of halogens is 2. The number of amides is 1. The van der Waals surface area contributed by atoms with Gasteiger partial charge in [-0.05, 0) is 57.4 Å². The Hall–Kier alpha value is -1.86. The molecule has 0 aliphatic heterocycles. The van der Waals surface area contributed by atoms with E-state index in [1.54, 1.807) is 27.9 Å². The molecule has 0 radical (unpaired) electrons. The lowest BCUT2D eigenvalue weighted by molar-refractivity contribution is -0.137. The first-order valence-electron chi connectivity index (χ1n) is 9.84. The number of benzene rings is 1. The zero-order valence-electron chi connectivity index (χ0n) is 18.0. The Morgan fingerprint density at radius 2 is 1.83 bits per heavy atom. The predicted octanol–water partition coefficient (Wildman–Crippen LogP) is 4.28. The van der Waals surface area contributed by atoms with Crippen LogP contribution in [-0.4, -0.2) is 60.8 Å². The summed E-state index contributed by atoms with van der Waals surface area (Å²) >= 11 is 11.8. The van der Waals surface area contributed by atoms with Gasteiger partial charge in [-0.15, -0.1) is 23.2 Å². The monoisotopic (exact) mass is 462 g/mol. The van der Waals surface area contributed by atoms with Gasteiger partial charge in [0.05, 0.1) is 13.5 Å². The highest BCUT2D eigenvalue weighted by molar-refractivity contribution is 6.18. The molecule has 2 N–H and O–H groups in total. The summed E-state index contributed by atoms with van der Waals surface area (Å²) in [5.74, 6) is 0.645. The molecule has 0 heterocycles. The Bertz CT molecular complexity index is 688. The summed E-state index contributed by atoms with van der Waals surface area (Å²) in [5.41, 5.74) is 1.21. The number of rotatable bonds is 12. The van der Waals surface area contributed by atoms with Crippen LogP contribution in [0.4, 0.5) is 10.5 Å². The number of carboxylic acid groups (broad SMARTS) is 1. The molecule has 0 bridgehead atoms. The maximum absolute atomic E-state index is 12.1. The number of carbonyl (C=O) groups excluding carboxylic acids is 1. The Labute approximate surface area is 188 Å². The van der Waals surface area contributed by atoms with Crippen LogP contribution < -0.4 is 15.0 Å². The van der Waals surface area contributed by atoms with Crippen molar-refractivity contribution in [1.82, 2.24) is 5.32 Å². The van der Waals surface area contributed by atoms with E-state index in [2.05, 4.69) is 10.2 Å². The molecule has 0 saturated heterocycles. The smallest absolute Gasteiger partial charge is 0.407 e. The Kier molecular flexibility index (Phi) is 11.1. The van der Waals surface area contributed by atoms with Crippen LogP contribution in [0, 0.1) is 0 Å². The van der Waals surface area contributed by atoms with Gasteiger partial charge >= 0.3 is 12.1 Å². The van der Waals surface area contributed by atoms with Crippen LogP contribution in [0.3, 0.4) is 0 Å². The van der Waals surface area contributed by atoms with Crippen LogP contribution in [0.15, 0.2) is 18.2 Å². The van der Waals surface area contributed by atoms with Gasteiger partial charge in [-0.1, -0.05) is 0 Å². The van der Waals surface area contributed by atoms with Crippen LogP contribution in [0.1, 0.15) is 39.2 Å². The average molecular weight is 463 g/mol. The molecule has 0 aromatic heterocycles. The molecule has 0 aliphatic rings. The standard InChI is InChI=1S/C21H32Cl2N2O5/c1-21(2,3)30-20(28)24-16(14-19(26)27)6-5-15-13-17(7-8-18(15)29-4)25(11-9-22)12-10-23/h7-8,13,16H,5-6,9-12,14H2,1-4H3,(H,24,28)(H,26,27)/t16-/m0/s1. The molecule has 1 atom stereocenters. The number of ether oxygens (including phenoxy) is 2. The van der Waals surface area contributed by atoms with E-state index in [4.69, 9.17) is 32.7 Å². The molecular weight excluding hydrogens is 431 g/mol. The predicted molar refractivity (Wildman–Crippen MR) is 120 cm³/mol. The number of alkyl carbamates (subject to hydrolysis) is 1. The topological polar surface area (TPSA) is 88.1 Å². The van der Waals surface area contributed by atoms with Gasteiger partial charge in [0.2, 0.25) is 0 Å². The van der Waals surface area contributed by atoms with Crippen molar-refractivity contribution in [2.75, 3.05) is 36.9 Å². The first kappa shape index (κ1) is 26.2. The van der Waals surface area contributed by atoms with Gasteiger partial charge in [0.25, 0.3) is 0 Å². The number of methoxy groups -OCH3 is 1. The quantitative estimate of drug-likeness (QED) is 0.450. The van der Waals surface area contributed by atoms with Gasteiger partial charge in [-0.2, -0.15) is 0 Å². The molecule has 0 spiro atoms. The molecule has 170 valence electrons. The van der Waals surface area contributed by atoms with Crippen molar-refractivity contribution in [3.63, 3.8) is 0 Å². The molecule has 1 amide bonds. The normalized spacial score (nSPS) is 12.2. The maximum Gasteiger partial charge on any atom is 0.407 e. The molecule has 0 saturated carbocycles. The van der Waals surface area contributed by atoms with E-state index in [0.717, 1.165) is 11.3 Å². The molecule has 9 heteroatoms. The lowest BCUT2D eigenvalue weighted by atomic mass is 10.0. The van der Waals surface area contributed by atoms with E-state index in [0.29, 0.717) is 43.4 Å². The van der Waals surface area contributed by atoms with Crippen molar-refractivity contribution < 1.29 is 24.2 Å². The lowest BCUT2D eigenvalue weighted by Crippen LogP contribution is -2.40. The number of carboxylic acids is 1. The van der Waals surface area contributed by atoms with Gasteiger partial charge in [-0.3, -0.25) is 4.79 Å². The summed E-state index contributed by atoms with van der Waals surface area (Å²) in [6, 6.07) is 5.22. The minimum absolute atomic E-state index is 0.203. The van der Waals surface area contributed by atoms with E-state index < -0.39 is 23.7 Å². The fourth-order valence-corrected chi connectivity index (χ4v) is 3.38. The molecule has 30 heavy (non-hydrogen) atoms. The van der Waals surface area contributed by atoms with Crippen LogP contribution in [0.25, 0.3) is 0 Å². The summed E-state index contributed by atoms with van der Waals surface area (Å²) in [5, 5.41) is 11.9. The number of anilines is 1. The third-order valence-corrected chi connectivity index (χ3v) is 4.58. The highest BCUT2D eigenvalue weighted by atomic mass is 35.5.